The second-order valence-electron chi connectivity index (χ2n) is 7.04. The lowest BCUT2D eigenvalue weighted by atomic mass is 9.55. The molecule has 3 atom stereocenters. The van der Waals surface area contributed by atoms with Gasteiger partial charge in [-0.25, -0.2) is 0 Å². The first-order chi connectivity index (χ1) is 8.15. The zero-order valence-corrected chi connectivity index (χ0v) is 14.6. The number of Topliss-reactive ketones (excluding diaryl/α,β-unsaturated/α-hetero) is 1. The Kier molecular flexibility index (Phi) is 5.07. The molecule has 1 nitrogen and oxygen atoms in total. The molecule has 104 valence electrons. The van der Waals surface area contributed by atoms with Crippen LogP contribution in [-0.4, -0.2) is 10.2 Å². The maximum absolute atomic E-state index is 12.9. The van der Waals surface area contributed by atoms with Crippen molar-refractivity contribution in [3.63, 3.8) is 0 Å². The summed E-state index contributed by atoms with van der Waals surface area (Å²) in [7, 11) is 0. The van der Waals surface area contributed by atoms with Gasteiger partial charge in [0.1, 0.15) is 5.78 Å². The lowest BCUT2D eigenvalue weighted by Gasteiger charge is -2.48. The van der Waals surface area contributed by atoms with Gasteiger partial charge in [0, 0.05) is 15.8 Å². The summed E-state index contributed by atoms with van der Waals surface area (Å²) in [6.07, 6.45) is 3.15. The van der Waals surface area contributed by atoms with E-state index in [1.807, 2.05) is 0 Å². The van der Waals surface area contributed by atoms with Crippen LogP contribution in [0.5, 0.6) is 0 Å². The number of rotatable bonds is 4. The summed E-state index contributed by atoms with van der Waals surface area (Å²) in [5.74, 6) is 1.11. The molecule has 0 N–H and O–H groups in total. The van der Waals surface area contributed by atoms with E-state index in [9.17, 15) is 4.79 Å². The first-order valence-electron chi connectivity index (χ1n) is 6.90. The summed E-state index contributed by atoms with van der Waals surface area (Å²) in [4.78, 5) is 12.9. The van der Waals surface area contributed by atoms with Gasteiger partial charge in [-0.15, -0.1) is 6.58 Å². The summed E-state index contributed by atoms with van der Waals surface area (Å²) >= 11 is 2.37. The van der Waals surface area contributed by atoms with Crippen LogP contribution in [0.25, 0.3) is 0 Å². The molecule has 1 saturated carbocycles. The summed E-state index contributed by atoms with van der Waals surface area (Å²) < 4.78 is 0.943. The van der Waals surface area contributed by atoms with Crippen LogP contribution in [0.4, 0.5) is 0 Å². The van der Waals surface area contributed by atoms with Gasteiger partial charge in [0.15, 0.2) is 0 Å². The normalized spacial score (nSPS) is 33.2. The largest absolute Gasteiger partial charge is 0.299 e. The molecular weight excluding hydrogens is 335 g/mol. The van der Waals surface area contributed by atoms with Gasteiger partial charge in [-0.1, -0.05) is 55.9 Å². The Bertz CT molecular complexity index is 345. The van der Waals surface area contributed by atoms with Crippen LogP contribution >= 0.6 is 22.6 Å². The van der Waals surface area contributed by atoms with Crippen LogP contribution in [0.3, 0.4) is 0 Å². The average Bonchev–Trinajstić information content (AvgIpc) is 2.23. The fraction of sp³-hybridized carbons (Fsp3) is 0.812. The van der Waals surface area contributed by atoms with Gasteiger partial charge in [-0.3, -0.25) is 4.79 Å². The van der Waals surface area contributed by atoms with Crippen LogP contribution in [0.15, 0.2) is 12.2 Å². The lowest BCUT2D eigenvalue weighted by molar-refractivity contribution is -0.143. The Morgan fingerprint density at radius 3 is 2.44 bits per heavy atom. The molecule has 1 fully saturated rings. The minimum absolute atomic E-state index is 0.149. The highest BCUT2D eigenvalue weighted by molar-refractivity contribution is 14.1. The zero-order valence-electron chi connectivity index (χ0n) is 12.5. The number of alkyl halides is 1. The van der Waals surface area contributed by atoms with E-state index < -0.39 is 0 Å². The minimum atomic E-state index is -0.149. The minimum Gasteiger partial charge on any atom is -0.299 e. The highest BCUT2D eigenvalue weighted by Crippen LogP contribution is 2.51. The number of hydrogen-bond donors (Lipinski definition) is 0. The SMILES string of the molecule is C=C(C)C[C@@H](C)[C@]1(C)CCC(C)(C)C(CI)C1=O. The van der Waals surface area contributed by atoms with Gasteiger partial charge < -0.3 is 0 Å². The van der Waals surface area contributed by atoms with Crippen molar-refractivity contribution in [3.05, 3.63) is 12.2 Å². The topological polar surface area (TPSA) is 17.1 Å². The summed E-state index contributed by atoms with van der Waals surface area (Å²) in [5.41, 5.74) is 1.21. The maximum atomic E-state index is 12.9. The first-order valence-corrected chi connectivity index (χ1v) is 8.42. The van der Waals surface area contributed by atoms with Crippen molar-refractivity contribution in [1.29, 1.82) is 0 Å². The molecule has 0 radical (unpaired) electrons. The standard InChI is InChI=1S/C16H27IO/c1-11(2)9-12(3)16(6)8-7-15(4,5)13(10-17)14(16)18/h12-13H,1,7-10H2,2-6H3/t12-,13?,16+/m1/s1. The molecule has 0 saturated heterocycles. The van der Waals surface area contributed by atoms with Crippen LogP contribution in [0.2, 0.25) is 0 Å². The Labute approximate surface area is 126 Å². The van der Waals surface area contributed by atoms with Crippen LogP contribution in [0, 0.1) is 22.7 Å². The van der Waals surface area contributed by atoms with Crippen LogP contribution in [-0.2, 0) is 4.79 Å². The van der Waals surface area contributed by atoms with Crippen molar-refractivity contribution in [3.8, 4) is 0 Å². The second kappa shape index (κ2) is 5.64. The van der Waals surface area contributed by atoms with E-state index in [2.05, 4.69) is 63.8 Å². The summed E-state index contributed by atoms with van der Waals surface area (Å²) in [5, 5.41) is 0. The van der Waals surface area contributed by atoms with Crippen molar-refractivity contribution >= 4 is 28.4 Å². The predicted molar refractivity (Wildman–Crippen MR) is 87.1 cm³/mol. The van der Waals surface area contributed by atoms with E-state index in [1.165, 1.54) is 5.57 Å². The Morgan fingerprint density at radius 2 is 2.00 bits per heavy atom. The Hall–Kier alpha value is 0.140. The van der Waals surface area contributed by atoms with Crippen molar-refractivity contribution in [2.24, 2.45) is 22.7 Å². The first kappa shape index (κ1) is 16.2. The third-order valence-corrected chi connectivity index (χ3v) is 5.89. The number of halogens is 1. The van der Waals surface area contributed by atoms with E-state index in [-0.39, 0.29) is 16.7 Å². The maximum Gasteiger partial charge on any atom is 0.143 e. The number of ketones is 1. The number of carbonyl (C=O) groups is 1. The fourth-order valence-electron chi connectivity index (χ4n) is 3.15. The molecule has 1 aliphatic rings. The van der Waals surface area contributed by atoms with Crippen LogP contribution < -0.4 is 0 Å². The van der Waals surface area contributed by atoms with Crippen molar-refractivity contribution < 1.29 is 4.79 Å². The molecule has 2 heteroatoms. The van der Waals surface area contributed by atoms with Crippen molar-refractivity contribution in [2.45, 2.75) is 53.9 Å². The molecule has 0 aliphatic heterocycles. The molecule has 0 aromatic rings. The van der Waals surface area contributed by atoms with E-state index in [0.717, 1.165) is 23.7 Å². The molecule has 0 bridgehead atoms. The molecule has 1 unspecified atom stereocenters. The van der Waals surface area contributed by atoms with Crippen molar-refractivity contribution in [2.75, 3.05) is 4.43 Å². The number of allylic oxidation sites excluding steroid dienone is 1. The smallest absolute Gasteiger partial charge is 0.143 e. The third kappa shape index (κ3) is 3.00. The Morgan fingerprint density at radius 1 is 1.44 bits per heavy atom. The number of hydrogen-bond acceptors (Lipinski definition) is 1. The summed E-state index contributed by atoms with van der Waals surface area (Å²) in [6.45, 7) is 15.0. The molecule has 18 heavy (non-hydrogen) atoms. The van der Waals surface area contributed by atoms with Crippen LogP contribution in [0.1, 0.15) is 53.9 Å². The lowest BCUT2D eigenvalue weighted by Crippen LogP contribution is -2.49. The zero-order chi connectivity index (χ0) is 14.1. The van der Waals surface area contributed by atoms with E-state index in [1.54, 1.807) is 0 Å². The molecule has 0 spiro atoms. The molecule has 0 aromatic carbocycles. The molecule has 1 rings (SSSR count). The monoisotopic (exact) mass is 362 g/mol. The summed E-state index contributed by atoms with van der Waals surface area (Å²) in [6, 6.07) is 0. The number of carbonyl (C=O) groups excluding carboxylic acids is 1. The Balaban J connectivity index is 2.97. The fourth-order valence-corrected chi connectivity index (χ4v) is 4.74. The van der Waals surface area contributed by atoms with Gasteiger partial charge in [0.2, 0.25) is 0 Å². The van der Waals surface area contributed by atoms with E-state index >= 15 is 0 Å². The molecule has 0 aromatic heterocycles. The quantitative estimate of drug-likeness (QED) is 0.389. The van der Waals surface area contributed by atoms with Gasteiger partial charge in [0.25, 0.3) is 0 Å². The molecule has 1 aliphatic carbocycles. The average molecular weight is 362 g/mol. The highest BCUT2D eigenvalue weighted by Gasteiger charge is 2.50. The second-order valence-corrected chi connectivity index (χ2v) is 7.92. The van der Waals surface area contributed by atoms with Gasteiger partial charge >= 0.3 is 0 Å². The van der Waals surface area contributed by atoms with E-state index in [4.69, 9.17) is 0 Å². The molecular formula is C16H27IO. The van der Waals surface area contributed by atoms with Gasteiger partial charge in [0.05, 0.1) is 0 Å². The van der Waals surface area contributed by atoms with Gasteiger partial charge in [-0.05, 0) is 37.5 Å². The predicted octanol–water partition coefficient (Wildman–Crippen LogP) is 5.04. The van der Waals surface area contributed by atoms with E-state index in [0.29, 0.717) is 11.7 Å². The van der Waals surface area contributed by atoms with Gasteiger partial charge in [-0.2, -0.15) is 0 Å². The molecule has 0 heterocycles. The highest BCUT2D eigenvalue weighted by atomic mass is 127. The van der Waals surface area contributed by atoms with Crippen molar-refractivity contribution in [1.82, 2.24) is 0 Å². The molecule has 0 amide bonds. The third-order valence-electron chi connectivity index (χ3n) is 5.01.